The number of fused-ring (bicyclic) bond motifs is 1. The second-order valence-electron chi connectivity index (χ2n) is 4.66. The molecule has 0 spiro atoms. The van der Waals surface area contributed by atoms with E-state index in [9.17, 15) is 13.2 Å². The summed E-state index contributed by atoms with van der Waals surface area (Å²) in [6.45, 7) is 5.67. The van der Waals surface area contributed by atoms with Gasteiger partial charge in [-0.25, -0.2) is 12.7 Å². The molecule has 0 atom stereocenters. The second-order valence-corrected chi connectivity index (χ2v) is 6.73. The summed E-state index contributed by atoms with van der Waals surface area (Å²) in [5.74, 6) is -0.447. The molecule has 0 unspecified atom stereocenters. The second kappa shape index (κ2) is 4.24. The fourth-order valence-electron chi connectivity index (χ4n) is 2.14. The van der Waals surface area contributed by atoms with Gasteiger partial charge in [0.05, 0.1) is 5.56 Å². The van der Waals surface area contributed by atoms with E-state index in [4.69, 9.17) is 11.6 Å². The molecule has 0 saturated heterocycles. The van der Waals surface area contributed by atoms with Gasteiger partial charge in [0.1, 0.15) is 10.9 Å². The van der Waals surface area contributed by atoms with Gasteiger partial charge in [-0.15, -0.1) is 11.6 Å². The highest BCUT2D eigenvalue weighted by atomic mass is 35.5. The lowest BCUT2D eigenvalue weighted by Gasteiger charge is -2.11. The average Bonchev–Trinajstić information content (AvgIpc) is 2.45. The Kier molecular flexibility index (Phi) is 3.15. The number of carbonyl (C=O) groups is 1. The average molecular weight is 288 g/mol. The van der Waals surface area contributed by atoms with Crippen molar-refractivity contribution in [3.05, 3.63) is 28.8 Å². The molecule has 1 aliphatic heterocycles. The number of benzene rings is 1. The predicted molar refractivity (Wildman–Crippen MR) is 69.3 cm³/mol. The molecule has 0 aliphatic carbocycles. The summed E-state index contributed by atoms with van der Waals surface area (Å²) < 4.78 is 25.1. The number of sulfonamides is 1. The Morgan fingerprint density at radius 3 is 2.44 bits per heavy atom. The number of alkyl halides is 1. The topological polar surface area (TPSA) is 54.5 Å². The van der Waals surface area contributed by atoms with Gasteiger partial charge in [0, 0.05) is 0 Å². The Morgan fingerprint density at radius 2 is 1.94 bits per heavy atom. The van der Waals surface area contributed by atoms with Gasteiger partial charge in [0.15, 0.2) is 0 Å². The van der Waals surface area contributed by atoms with Crippen molar-refractivity contribution in [2.24, 2.45) is 0 Å². The minimum atomic E-state index is -3.77. The van der Waals surface area contributed by atoms with Gasteiger partial charge >= 0.3 is 0 Å². The molecule has 18 heavy (non-hydrogen) atoms. The van der Waals surface area contributed by atoms with E-state index in [-0.39, 0.29) is 22.4 Å². The van der Waals surface area contributed by atoms with Crippen molar-refractivity contribution in [2.75, 3.05) is 6.00 Å². The molecule has 0 saturated carbocycles. The Hall–Kier alpha value is -1.07. The third-order valence-corrected chi connectivity index (χ3v) is 5.15. The van der Waals surface area contributed by atoms with Gasteiger partial charge in [-0.2, -0.15) is 0 Å². The summed E-state index contributed by atoms with van der Waals surface area (Å²) in [5, 5.41) is 0. The summed E-state index contributed by atoms with van der Waals surface area (Å²) in [4.78, 5) is 12.2. The highest BCUT2D eigenvalue weighted by Crippen LogP contribution is 2.36. The van der Waals surface area contributed by atoms with Gasteiger partial charge in [0.2, 0.25) is 0 Å². The van der Waals surface area contributed by atoms with Crippen molar-refractivity contribution in [3.8, 4) is 0 Å². The molecule has 2 rings (SSSR count). The number of rotatable bonds is 2. The van der Waals surface area contributed by atoms with Crippen LogP contribution in [0.5, 0.6) is 0 Å². The molecule has 1 amide bonds. The molecule has 6 heteroatoms. The minimum Gasteiger partial charge on any atom is -0.268 e. The highest BCUT2D eigenvalue weighted by Gasteiger charge is 2.42. The van der Waals surface area contributed by atoms with E-state index in [0.29, 0.717) is 4.31 Å². The monoisotopic (exact) mass is 287 g/mol. The molecular formula is C12H14ClNO3S. The summed E-state index contributed by atoms with van der Waals surface area (Å²) in [5.41, 5.74) is 1.85. The number of hydrogen-bond donors (Lipinski definition) is 0. The van der Waals surface area contributed by atoms with Crippen LogP contribution in [0, 0.1) is 6.92 Å². The van der Waals surface area contributed by atoms with Gasteiger partial charge < -0.3 is 0 Å². The highest BCUT2D eigenvalue weighted by molar-refractivity contribution is 7.90. The molecule has 0 N–H and O–H groups in total. The molecule has 1 heterocycles. The number of hydrogen-bond acceptors (Lipinski definition) is 3. The van der Waals surface area contributed by atoms with Crippen LogP contribution in [0.25, 0.3) is 0 Å². The number of amides is 1. The lowest BCUT2D eigenvalue weighted by molar-refractivity contribution is 0.0884. The Labute approximate surface area is 112 Å². The first kappa shape index (κ1) is 13.4. The zero-order valence-electron chi connectivity index (χ0n) is 10.4. The van der Waals surface area contributed by atoms with Crippen molar-refractivity contribution >= 4 is 27.5 Å². The first-order chi connectivity index (χ1) is 8.30. The maximum atomic E-state index is 12.2. The molecule has 98 valence electrons. The van der Waals surface area contributed by atoms with E-state index in [0.717, 1.165) is 11.1 Å². The van der Waals surface area contributed by atoms with E-state index in [1.807, 2.05) is 26.8 Å². The summed E-state index contributed by atoms with van der Waals surface area (Å²) >= 11 is 5.57. The zero-order valence-corrected chi connectivity index (χ0v) is 12.0. The lowest BCUT2D eigenvalue weighted by atomic mass is 9.95. The fourth-order valence-corrected chi connectivity index (χ4v) is 4.11. The normalized spacial score (nSPS) is 17.4. The van der Waals surface area contributed by atoms with Gasteiger partial charge in [-0.3, -0.25) is 4.79 Å². The molecule has 0 fully saturated rings. The van der Waals surface area contributed by atoms with Crippen molar-refractivity contribution in [1.29, 1.82) is 0 Å². The maximum Gasteiger partial charge on any atom is 0.270 e. The summed E-state index contributed by atoms with van der Waals surface area (Å²) in [6.07, 6.45) is 0. The van der Waals surface area contributed by atoms with E-state index in [1.165, 1.54) is 6.07 Å². The van der Waals surface area contributed by atoms with E-state index in [2.05, 4.69) is 0 Å². The number of aryl methyl sites for hydroxylation is 1. The number of halogens is 1. The van der Waals surface area contributed by atoms with E-state index in [1.54, 1.807) is 0 Å². The third-order valence-electron chi connectivity index (χ3n) is 3.02. The van der Waals surface area contributed by atoms with Crippen LogP contribution in [0.1, 0.15) is 41.3 Å². The van der Waals surface area contributed by atoms with Crippen LogP contribution >= 0.6 is 11.6 Å². The Balaban J connectivity index is 2.83. The quantitative estimate of drug-likeness (QED) is 0.620. The van der Waals surface area contributed by atoms with Crippen LogP contribution in [0.15, 0.2) is 17.0 Å². The zero-order chi connectivity index (χ0) is 13.7. The lowest BCUT2D eigenvalue weighted by Crippen LogP contribution is -2.28. The maximum absolute atomic E-state index is 12.2. The first-order valence-electron chi connectivity index (χ1n) is 5.58. The largest absolute Gasteiger partial charge is 0.270 e. The molecule has 1 aromatic carbocycles. The van der Waals surface area contributed by atoms with E-state index < -0.39 is 15.9 Å². The van der Waals surface area contributed by atoms with Crippen LogP contribution < -0.4 is 0 Å². The molecule has 0 bridgehead atoms. The van der Waals surface area contributed by atoms with Crippen molar-refractivity contribution < 1.29 is 13.2 Å². The van der Waals surface area contributed by atoms with Gasteiger partial charge in [-0.05, 0) is 30.0 Å². The van der Waals surface area contributed by atoms with Crippen LogP contribution in [-0.2, 0) is 10.0 Å². The van der Waals surface area contributed by atoms with Crippen LogP contribution in [0.2, 0.25) is 0 Å². The third kappa shape index (κ3) is 1.73. The van der Waals surface area contributed by atoms with E-state index >= 15 is 0 Å². The van der Waals surface area contributed by atoms with Crippen molar-refractivity contribution in [2.45, 2.75) is 31.6 Å². The smallest absolute Gasteiger partial charge is 0.268 e. The molecular weight excluding hydrogens is 274 g/mol. The predicted octanol–water partition coefficient (Wildman–Crippen LogP) is 2.46. The van der Waals surface area contributed by atoms with Crippen LogP contribution in [0.4, 0.5) is 0 Å². The molecule has 1 aromatic rings. The van der Waals surface area contributed by atoms with Crippen LogP contribution in [0.3, 0.4) is 0 Å². The number of carbonyl (C=O) groups excluding carboxylic acids is 1. The van der Waals surface area contributed by atoms with Gasteiger partial charge in [-0.1, -0.05) is 19.9 Å². The summed E-state index contributed by atoms with van der Waals surface area (Å²) in [6, 6.07) is 3.03. The standard InChI is InChI=1S/C12H14ClNO3S/c1-7(2)9-4-8(3)5-10-11(9)12(15)14(6-13)18(10,16)17/h4-5,7H,6H2,1-3H3. The van der Waals surface area contributed by atoms with Crippen molar-refractivity contribution in [1.82, 2.24) is 4.31 Å². The Bertz CT molecular complexity index is 622. The molecule has 4 nitrogen and oxygen atoms in total. The first-order valence-corrected chi connectivity index (χ1v) is 7.55. The SMILES string of the molecule is Cc1cc(C(C)C)c2c(c1)S(=O)(=O)N(CCl)C2=O. The molecule has 1 aliphatic rings. The summed E-state index contributed by atoms with van der Waals surface area (Å²) in [7, 11) is -3.77. The molecule has 0 radical (unpaired) electrons. The van der Waals surface area contributed by atoms with Crippen molar-refractivity contribution in [3.63, 3.8) is 0 Å². The Morgan fingerprint density at radius 1 is 1.33 bits per heavy atom. The van der Waals surface area contributed by atoms with Crippen LogP contribution in [-0.4, -0.2) is 24.6 Å². The number of nitrogens with zero attached hydrogens (tertiary/aromatic N) is 1. The minimum absolute atomic E-state index is 0.0769. The van der Waals surface area contributed by atoms with Gasteiger partial charge in [0.25, 0.3) is 15.9 Å². The molecule has 0 aromatic heterocycles. The fraction of sp³-hybridized carbons (Fsp3) is 0.417.